The summed E-state index contributed by atoms with van der Waals surface area (Å²) in [7, 11) is 0. The molecule has 4 nitrogen and oxygen atoms in total. The maximum atomic E-state index is 12.0. The van der Waals surface area contributed by atoms with Crippen LogP contribution < -0.4 is 10.6 Å². The van der Waals surface area contributed by atoms with E-state index in [-0.39, 0.29) is 6.03 Å². The zero-order chi connectivity index (χ0) is 16.4. The number of anilines is 1. The molecule has 0 unspecified atom stereocenters. The number of nitrogens with one attached hydrogen (secondary N) is 2. The van der Waals surface area contributed by atoms with Gasteiger partial charge in [-0.15, -0.1) is 11.3 Å². The Morgan fingerprint density at radius 3 is 2.54 bits per heavy atom. The quantitative estimate of drug-likeness (QED) is 0.704. The van der Waals surface area contributed by atoms with Crippen molar-refractivity contribution >= 4 is 33.3 Å². The molecular weight excluding hydrogens is 318 g/mol. The number of amides is 2. The number of benzene rings is 2. The van der Waals surface area contributed by atoms with E-state index in [1.807, 2.05) is 42.5 Å². The highest BCUT2D eigenvalue weighted by atomic mass is 32.1. The monoisotopic (exact) mass is 337 g/mol. The number of fused-ring (bicyclic) bond motifs is 1. The van der Waals surface area contributed by atoms with Crippen molar-refractivity contribution in [3.05, 3.63) is 48.5 Å². The van der Waals surface area contributed by atoms with Crippen molar-refractivity contribution in [1.82, 2.24) is 10.3 Å². The summed E-state index contributed by atoms with van der Waals surface area (Å²) in [6.07, 6.45) is 4.59. The first kappa shape index (κ1) is 15.1. The lowest BCUT2D eigenvalue weighted by Crippen LogP contribution is -2.36. The number of nitrogens with zero attached hydrogens (tertiary/aromatic N) is 1. The van der Waals surface area contributed by atoms with Crippen molar-refractivity contribution in [2.75, 3.05) is 5.32 Å². The number of para-hydroxylation sites is 1. The second kappa shape index (κ2) is 6.61. The number of hydrogen-bond donors (Lipinski definition) is 2. The fourth-order valence-electron chi connectivity index (χ4n) is 3.11. The van der Waals surface area contributed by atoms with E-state index in [0.717, 1.165) is 34.6 Å². The van der Waals surface area contributed by atoms with Crippen molar-refractivity contribution < 1.29 is 4.79 Å². The van der Waals surface area contributed by atoms with Gasteiger partial charge in [0.2, 0.25) is 0 Å². The van der Waals surface area contributed by atoms with Crippen molar-refractivity contribution in [3.63, 3.8) is 0 Å². The Bertz CT molecular complexity index is 817. The van der Waals surface area contributed by atoms with Gasteiger partial charge in [-0.3, -0.25) is 0 Å². The third kappa shape index (κ3) is 3.26. The van der Waals surface area contributed by atoms with E-state index in [1.165, 1.54) is 17.5 Å². The molecule has 24 heavy (non-hydrogen) atoms. The fourth-order valence-corrected chi connectivity index (χ4v) is 4.09. The molecule has 2 N–H and O–H groups in total. The van der Waals surface area contributed by atoms with Crippen LogP contribution in [-0.2, 0) is 0 Å². The van der Waals surface area contributed by atoms with Crippen molar-refractivity contribution in [2.45, 2.75) is 31.7 Å². The van der Waals surface area contributed by atoms with Gasteiger partial charge in [-0.2, -0.15) is 0 Å². The summed E-state index contributed by atoms with van der Waals surface area (Å²) in [5, 5.41) is 6.94. The Kier molecular flexibility index (Phi) is 4.17. The van der Waals surface area contributed by atoms with Gasteiger partial charge in [0.25, 0.3) is 0 Å². The van der Waals surface area contributed by atoms with Crippen molar-refractivity contribution in [1.29, 1.82) is 0 Å². The highest BCUT2D eigenvalue weighted by molar-refractivity contribution is 7.21. The number of rotatable bonds is 3. The third-order valence-electron chi connectivity index (χ3n) is 4.37. The van der Waals surface area contributed by atoms with Gasteiger partial charge in [-0.05, 0) is 49.2 Å². The van der Waals surface area contributed by atoms with Gasteiger partial charge in [0, 0.05) is 17.3 Å². The lowest BCUT2D eigenvalue weighted by molar-refractivity contribution is 0.248. The Labute approximate surface area is 144 Å². The molecule has 0 saturated heterocycles. The molecule has 4 rings (SSSR count). The van der Waals surface area contributed by atoms with Gasteiger partial charge in [0.05, 0.1) is 10.2 Å². The maximum Gasteiger partial charge on any atom is 0.319 e. The number of carbonyl (C=O) groups is 1. The highest BCUT2D eigenvalue weighted by Crippen LogP contribution is 2.30. The van der Waals surface area contributed by atoms with E-state index < -0.39 is 0 Å². The summed E-state index contributed by atoms with van der Waals surface area (Å²) in [6, 6.07) is 16.2. The molecule has 1 aliphatic carbocycles. The van der Waals surface area contributed by atoms with Crippen molar-refractivity contribution in [2.24, 2.45) is 0 Å². The summed E-state index contributed by atoms with van der Waals surface area (Å²) in [4.78, 5) is 16.7. The SMILES string of the molecule is O=C(Nc1ccc(-c2nc3ccccc3s2)cc1)NC1CCCC1. The summed E-state index contributed by atoms with van der Waals surface area (Å²) >= 11 is 1.68. The second-order valence-corrected chi connectivity index (χ2v) is 7.17. The Balaban J connectivity index is 1.45. The molecule has 122 valence electrons. The van der Waals surface area contributed by atoms with Crippen LogP contribution >= 0.6 is 11.3 Å². The Morgan fingerprint density at radius 2 is 1.79 bits per heavy atom. The number of urea groups is 1. The molecule has 0 atom stereocenters. The zero-order valence-corrected chi connectivity index (χ0v) is 14.1. The Hall–Kier alpha value is -2.40. The van der Waals surface area contributed by atoms with Crippen LogP contribution in [0.2, 0.25) is 0 Å². The largest absolute Gasteiger partial charge is 0.335 e. The molecule has 1 heterocycles. The van der Waals surface area contributed by atoms with Gasteiger partial charge >= 0.3 is 6.03 Å². The average molecular weight is 337 g/mol. The van der Waals surface area contributed by atoms with E-state index in [4.69, 9.17) is 0 Å². The van der Waals surface area contributed by atoms with Crippen LogP contribution in [0, 0.1) is 0 Å². The van der Waals surface area contributed by atoms with Crippen LogP contribution in [-0.4, -0.2) is 17.1 Å². The van der Waals surface area contributed by atoms with Crippen LogP contribution in [0.25, 0.3) is 20.8 Å². The summed E-state index contributed by atoms with van der Waals surface area (Å²) in [5.74, 6) is 0. The number of hydrogen-bond acceptors (Lipinski definition) is 3. The predicted molar refractivity (Wildman–Crippen MR) is 99.5 cm³/mol. The lowest BCUT2D eigenvalue weighted by Gasteiger charge is -2.13. The first-order valence-corrected chi connectivity index (χ1v) is 9.13. The summed E-state index contributed by atoms with van der Waals surface area (Å²) < 4.78 is 1.19. The molecule has 0 bridgehead atoms. The minimum absolute atomic E-state index is 0.116. The van der Waals surface area contributed by atoms with Gasteiger partial charge in [-0.1, -0.05) is 25.0 Å². The van der Waals surface area contributed by atoms with Crippen LogP contribution in [0.3, 0.4) is 0 Å². The number of aromatic nitrogens is 1. The van der Waals surface area contributed by atoms with Crippen LogP contribution in [0.4, 0.5) is 10.5 Å². The van der Waals surface area contributed by atoms with E-state index >= 15 is 0 Å². The topological polar surface area (TPSA) is 54.0 Å². The molecule has 5 heteroatoms. The van der Waals surface area contributed by atoms with Gasteiger partial charge in [0.1, 0.15) is 5.01 Å². The molecule has 2 amide bonds. The van der Waals surface area contributed by atoms with Crippen LogP contribution in [0.15, 0.2) is 48.5 Å². The van der Waals surface area contributed by atoms with Crippen LogP contribution in [0.5, 0.6) is 0 Å². The molecule has 0 aliphatic heterocycles. The Morgan fingerprint density at radius 1 is 1.04 bits per heavy atom. The molecule has 1 fully saturated rings. The van der Waals surface area contributed by atoms with E-state index in [1.54, 1.807) is 11.3 Å². The minimum Gasteiger partial charge on any atom is -0.335 e. The first-order valence-electron chi connectivity index (χ1n) is 8.31. The van der Waals surface area contributed by atoms with Crippen molar-refractivity contribution in [3.8, 4) is 10.6 Å². The summed E-state index contributed by atoms with van der Waals surface area (Å²) in [5.41, 5.74) is 2.89. The first-order chi connectivity index (χ1) is 11.8. The number of thiazole rings is 1. The zero-order valence-electron chi connectivity index (χ0n) is 13.3. The third-order valence-corrected chi connectivity index (χ3v) is 5.46. The van der Waals surface area contributed by atoms with E-state index in [0.29, 0.717) is 6.04 Å². The van der Waals surface area contributed by atoms with E-state index in [9.17, 15) is 4.79 Å². The van der Waals surface area contributed by atoms with Gasteiger partial charge < -0.3 is 10.6 Å². The summed E-state index contributed by atoms with van der Waals surface area (Å²) in [6.45, 7) is 0. The van der Waals surface area contributed by atoms with Gasteiger partial charge in [0.15, 0.2) is 0 Å². The molecule has 1 aliphatic rings. The molecular formula is C19H19N3OS. The molecule has 3 aromatic rings. The molecule has 1 saturated carbocycles. The second-order valence-electron chi connectivity index (χ2n) is 6.14. The molecule has 2 aromatic carbocycles. The van der Waals surface area contributed by atoms with E-state index in [2.05, 4.69) is 21.7 Å². The van der Waals surface area contributed by atoms with Crippen LogP contribution in [0.1, 0.15) is 25.7 Å². The van der Waals surface area contributed by atoms with Gasteiger partial charge in [-0.25, -0.2) is 9.78 Å². The minimum atomic E-state index is -0.116. The standard InChI is InChI=1S/C19H19N3OS/c23-19(20-14-5-1-2-6-14)21-15-11-9-13(10-12-15)18-22-16-7-3-4-8-17(16)24-18/h3-4,7-12,14H,1-2,5-6H2,(H2,20,21,23). The molecule has 1 aromatic heterocycles. The smallest absolute Gasteiger partial charge is 0.319 e. The maximum absolute atomic E-state index is 12.0. The fraction of sp³-hybridized carbons (Fsp3) is 0.263. The predicted octanol–water partition coefficient (Wildman–Crippen LogP) is 5.03. The lowest BCUT2D eigenvalue weighted by atomic mass is 10.2. The normalized spacial score (nSPS) is 14.8. The average Bonchev–Trinajstić information content (AvgIpc) is 3.24. The highest BCUT2D eigenvalue weighted by Gasteiger charge is 2.17. The molecule has 0 spiro atoms. The molecule has 0 radical (unpaired) electrons. The number of carbonyl (C=O) groups excluding carboxylic acids is 1.